The highest BCUT2D eigenvalue weighted by molar-refractivity contribution is 7.80. The minimum Gasteiger partial charge on any atom is -0.383 e. The molecule has 1 aromatic heterocycles. The molecule has 0 aliphatic rings. The maximum absolute atomic E-state index is 6.14. The Hall–Kier alpha value is -1.41. The van der Waals surface area contributed by atoms with Gasteiger partial charge in [-0.25, -0.2) is 9.67 Å². The third-order valence-corrected chi connectivity index (χ3v) is 3.53. The Bertz CT molecular complexity index is 649. The van der Waals surface area contributed by atoms with Crippen molar-refractivity contribution in [3.05, 3.63) is 40.1 Å². The highest BCUT2D eigenvalue weighted by Gasteiger charge is 2.06. The SMILES string of the molecule is COCCNC(=S)Nc1ncn(Cc2ccc(Cl)cc2Cl)n1. The van der Waals surface area contributed by atoms with Gasteiger partial charge >= 0.3 is 0 Å². The van der Waals surface area contributed by atoms with Crippen LogP contribution in [0.5, 0.6) is 0 Å². The first kappa shape index (κ1) is 17.0. The van der Waals surface area contributed by atoms with Gasteiger partial charge < -0.3 is 10.1 Å². The molecule has 1 heterocycles. The number of benzene rings is 1. The first-order valence-corrected chi connectivity index (χ1v) is 7.62. The molecule has 0 radical (unpaired) electrons. The lowest BCUT2D eigenvalue weighted by atomic mass is 10.2. The molecule has 0 saturated heterocycles. The third-order valence-electron chi connectivity index (χ3n) is 2.70. The zero-order chi connectivity index (χ0) is 15.9. The summed E-state index contributed by atoms with van der Waals surface area (Å²) in [5.41, 5.74) is 0.906. The molecule has 0 spiro atoms. The number of methoxy groups -OCH3 is 1. The van der Waals surface area contributed by atoms with Gasteiger partial charge in [-0.2, -0.15) is 0 Å². The van der Waals surface area contributed by atoms with Crippen LogP contribution in [-0.2, 0) is 11.3 Å². The molecular formula is C13H15Cl2N5OS. The number of thiocarbonyl (C=S) groups is 1. The maximum Gasteiger partial charge on any atom is 0.248 e. The Labute approximate surface area is 143 Å². The Kier molecular flexibility index (Phi) is 6.38. The predicted molar refractivity (Wildman–Crippen MR) is 91.7 cm³/mol. The number of anilines is 1. The Morgan fingerprint density at radius 1 is 1.41 bits per heavy atom. The number of hydrogen-bond donors (Lipinski definition) is 2. The Balaban J connectivity index is 1.92. The number of hydrogen-bond acceptors (Lipinski definition) is 4. The molecule has 2 N–H and O–H groups in total. The second-order valence-electron chi connectivity index (χ2n) is 4.38. The molecule has 0 unspecified atom stereocenters. The van der Waals surface area contributed by atoms with E-state index in [1.807, 2.05) is 6.07 Å². The quantitative estimate of drug-likeness (QED) is 0.610. The van der Waals surface area contributed by atoms with Gasteiger partial charge in [-0.1, -0.05) is 29.3 Å². The number of rotatable bonds is 6. The summed E-state index contributed by atoms with van der Waals surface area (Å²) in [6, 6.07) is 5.34. The van der Waals surface area contributed by atoms with E-state index in [-0.39, 0.29) is 0 Å². The average Bonchev–Trinajstić information content (AvgIpc) is 2.89. The van der Waals surface area contributed by atoms with Gasteiger partial charge in [0.05, 0.1) is 13.2 Å². The number of nitrogens with one attached hydrogen (secondary N) is 2. The van der Waals surface area contributed by atoms with Crippen molar-refractivity contribution in [1.82, 2.24) is 20.1 Å². The molecule has 0 bridgehead atoms. The molecule has 0 atom stereocenters. The predicted octanol–water partition coefficient (Wildman–Crippen LogP) is 2.57. The summed E-state index contributed by atoms with van der Waals surface area (Å²) in [5, 5.41) is 11.8. The van der Waals surface area contributed by atoms with Gasteiger partial charge in [-0.15, -0.1) is 5.10 Å². The smallest absolute Gasteiger partial charge is 0.248 e. The molecule has 6 nitrogen and oxygen atoms in total. The van der Waals surface area contributed by atoms with Crippen LogP contribution in [0.15, 0.2) is 24.5 Å². The first-order valence-electron chi connectivity index (χ1n) is 6.45. The summed E-state index contributed by atoms with van der Waals surface area (Å²) in [5.74, 6) is 0.417. The van der Waals surface area contributed by atoms with Gasteiger partial charge in [-0.3, -0.25) is 5.32 Å². The van der Waals surface area contributed by atoms with Crippen LogP contribution in [0.1, 0.15) is 5.56 Å². The second kappa shape index (κ2) is 8.28. The minimum absolute atomic E-state index is 0.417. The molecule has 0 aliphatic carbocycles. The van der Waals surface area contributed by atoms with Crippen LogP contribution >= 0.6 is 35.4 Å². The monoisotopic (exact) mass is 359 g/mol. The lowest BCUT2D eigenvalue weighted by molar-refractivity contribution is 0.204. The summed E-state index contributed by atoms with van der Waals surface area (Å²) >= 11 is 17.1. The largest absolute Gasteiger partial charge is 0.383 e. The van der Waals surface area contributed by atoms with Crippen LogP contribution in [-0.4, -0.2) is 40.1 Å². The summed E-state index contributed by atoms with van der Waals surface area (Å²) in [7, 11) is 1.63. The van der Waals surface area contributed by atoms with Crippen LogP contribution in [0.2, 0.25) is 10.0 Å². The zero-order valence-electron chi connectivity index (χ0n) is 11.8. The van der Waals surface area contributed by atoms with Crippen LogP contribution in [0, 0.1) is 0 Å². The van der Waals surface area contributed by atoms with Crippen molar-refractivity contribution in [2.75, 3.05) is 25.6 Å². The van der Waals surface area contributed by atoms with E-state index in [1.165, 1.54) is 0 Å². The summed E-state index contributed by atoms with van der Waals surface area (Å²) in [4.78, 5) is 4.14. The minimum atomic E-state index is 0.417. The normalized spacial score (nSPS) is 10.5. The van der Waals surface area contributed by atoms with Crippen molar-refractivity contribution in [3.63, 3.8) is 0 Å². The topological polar surface area (TPSA) is 64.0 Å². The van der Waals surface area contributed by atoms with E-state index in [9.17, 15) is 0 Å². The highest BCUT2D eigenvalue weighted by Crippen LogP contribution is 2.21. The molecule has 22 heavy (non-hydrogen) atoms. The Morgan fingerprint density at radius 2 is 2.23 bits per heavy atom. The fourth-order valence-electron chi connectivity index (χ4n) is 1.66. The van der Waals surface area contributed by atoms with E-state index < -0.39 is 0 Å². The van der Waals surface area contributed by atoms with Crippen molar-refractivity contribution in [1.29, 1.82) is 0 Å². The summed E-state index contributed by atoms with van der Waals surface area (Å²) in [6.07, 6.45) is 1.60. The van der Waals surface area contributed by atoms with Gasteiger partial charge in [0, 0.05) is 23.7 Å². The van der Waals surface area contributed by atoms with E-state index in [4.69, 9.17) is 40.2 Å². The highest BCUT2D eigenvalue weighted by atomic mass is 35.5. The molecule has 0 fully saturated rings. The number of halogens is 2. The lowest BCUT2D eigenvalue weighted by Gasteiger charge is -2.07. The molecule has 9 heteroatoms. The van der Waals surface area contributed by atoms with E-state index >= 15 is 0 Å². The van der Waals surface area contributed by atoms with Crippen molar-refractivity contribution in [2.45, 2.75) is 6.54 Å². The van der Waals surface area contributed by atoms with Crippen molar-refractivity contribution in [3.8, 4) is 0 Å². The van der Waals surface area contributed by atoms with Gasteiger partial charge in [0.25, 0.3) is 0 Å². The van der Waals surface area contributed by atoms with Gasteiger partial charge in [-0.05, 0) is 29.9 Å². The first-order chi connectivity index (χ1) is 10.6. The maximum atomic E-state index is 6.14. The van der Waals surface area contributed by atoms with E-state index in [0.29, 0.717) is 40.8 Å². The third kappa shape index (κ3) is 5.10. The zero-order valence-corrected chi connectivity index (χ0v) is 14.2. The molecule has 1 aromatic carbocycles. The molecule has 2 rings (SSSR count). The number of ether oxygens (including phenoxy) is 1. The molecule has 2 aromatic rings. The summed E-state index contributed by atoms with van der Waals surface area (Å²) in [6.45, 7) is 1.68. The van der Waals surface area contributed by atoms with Crippen LogP contribution in [0.3, 0.4) is 0 Å². The van der Waals surface area contributed by atoms with E-state index in [2.05, 4.69) is 20.7 Å². The second-order valence-corrected chi connectivity index (χ2v) is 5.63. The fourth-order valence-corrected chi connectivity index (χ4v) is 2.33. The summed E-state index contributed by atoms with van der Waals surface area (Å²) < 4.78 is 6.59. The fraction of sp³-hybridized carbons (Fsp3) is 0.308. The molecule has 0 saturated carbocycles. The number of nitrogens with zero attached hydrogens (tertiary/aromatic N) is 3. The molecule has 118 valence electrons. The van der Waals surface area contributed by atoms with Crippen LogP contribution in [0.4, 0.5) is 5.95 Å². The molecule has 0 aliphatic heterocycles. The van der Waals surface area contributed by atoms with Crippen LogP contribution in [0.25, 0.3) is 0 Å². The van der Waals surface area contributed by atoms with Crippen molar-refractivity contribution in [2.24, 2.45) is 0 Å². The van der Waals surface area contributed by atoms with Crippen molar-refractivity contribution >= 4 is 46.5 Å². The Morgan fingerprint density at radius 3 is 2.95 bits per heavy atom. The molecule has 0 amide bonds. The van der Waals surface area contributed by atoms with Gasteiger partial charge in [0.15, 0.2) is 5.11 Å². The van der Waals surface area contributed by atoms with E-state index in [0.717, 1.165) is 5.56 Å². The lowest BCUT2D eigenvalue weighted by Crippen LogP contribution is -2.31. The standard InChI is InChI=1S/C13H15Cl2N5OS/c1-21-5-4-16-13(22)18-12-17-8-20(19-12)7-9-2-3-10(14)6-11(9)15/h2-3,6,8H,4-5,7H2,1H3,(H2,16,18,19,22). The number of aromatic nitrogens is 3. The van der Waals surface area contributed by atoms with Crippen LogP contribution < -0.4 is 10.6 Å². The van der Waals surface area contributed by atoms with E-state index in [1.54, 1.807) is 30.3 Å². The molecular weight excluding hydrogens is 345 g/mol. The van der Waals surface area contributed by atoms with Gasteiger partial charge in [0.1, 0.15) is 6.33 Å². The van der Waals surface area contributed by atoms with Gasteiger partial charge in [0.2, 0.25) is 5.95 Å². The average molecular weight is 360 g/mol. The van der Waals surface area contributed by atoms with Crippen molar-refractivity contribution < 1.29 is 4.74 Å².